The Morgan fingerprint density at radius 1 is 1.04 bits per heavy atom. The van der Waals surface area contributed by atoms with Gasteiger partial charge in [-0.2, -0.15) is 0 Å². The Morgan fingerprint density at radius 3 is 2.38 bits per heavy atom. The van der Waals surface area contributed by atoms with E-state index in [1.807, 2.05) is 25.1 Å². The van der Waals surface area contributed by atoms with Gasteiger partial charge in [0.15, 0.2) is 0 Å². The molecule has 0 radical (unpaired) electrons. The van der Waals surface area contributed by atoms with Crippen molar-refractivity contribution >= 4 is 17.5 Å². The maximum Gasteiger partial charge on any atom is 0.411 e. The standard InChI is InChI=1S/C19H24N2O3/c1-4-24-19(22)21-18-7-5-6-17(14(18)2)20-12-15-8-10-16(11-9-15)13-23-3/h5-11,20H,4,12-13H2,1-3H3,(H,21,22). The van der Waals surface area contributed by atoms with Crippen LogP contribution in [0.1, 0.15) is 23.6 Å². The van der Waals surface area contributed by atoms with Crippen molar-refractivity contribution in [3.05, 3.63) is 59.2 Å². The molecule has 0 fully saturated rings. The second-order valence-electron chi connectivity index (χ2n) is 5.43. The number of nitrogens with one attached hydrogen (secondary N) is 2. The average Bonchev–Trinajstić information content (AvgIpc) is 2.57. The highest BCUT2D eigenvalue weighted by Crippen LogP contribution is 2.24. The number of anilines is 2. The number of ether oxygens (including phenoxy) is 2. The van der Waals surface area contributed by atoms with E-state index in [1.165, 1.54) is 5.56 Å². The van der Waals surface area contributed by atoms with Gasteiger partial charge in [0.05, 0.1) is 13.2 Å². The third-order valence-corrected chi connectivity index (χ3v) is 3.66. The molecule has 0 aliphatic rings. The summed E-state index contributed by atoms with van der Waals surface area (Å²) >= 11 is 0. The maximum absolute atomic E-state index is 11.6. The van der Waals surface area contributed by atoms with Crippen molar-refractivity contribution in [2.45, 2.75) is 27.0 Å². The summed E-state index contributed by atoms with van der Waals surface area (Å²) in [6, 6.07) is 14.0. The molecule has 0 aliphatic heterocycles. The second kappa shape index (κ2) is 8.93. The van der Waals surface area contributed by atoms with Crippen molar-refractivity contribution in [3.63, 3.8) is 0 Å². The molecule has 24 heavy (non-hydrogen) atoms. The number of amides is 1. The zero-order valence-corrected chi connectivity index (χ0v) is 14.4. The Hall–Kier alpha value is -2.53. The van der Waals surface area contributed by atoms with E-state index < -0.39 is 6.09 Å². The fourth-order valence-electron chi connectivity index (χ4n) is 2.36. The number of carbonyl (C=O) groups is 1. The van der Waals surface area contributed by atoms with Gasteiger partial charge in [0.25, 0.3) is 0 Å². The van der Waals surface area contributed by atoms with Crippen molar-refractivity contribution in [3.8, 4) is 0 Å². The van der Waals surface area contributed by atoms with Gasteiger partial charge < -0.3 is 14.8 Å². The summed E-state index contributed by atoms with van der Waals surface area (Å²) in [6.07, 6.45) is -0.438. The van der Waals surface area contributed by atoms with Crippen LogP contribution in [0.4, 0.5) is 16.2 Å². The molecule has 2 rings (SSSR count). The van der Waals surface area contributed by atoms with Gasteiger partial charge in [-0.15, -0.1) is 0 Å². The van der Waals surface area contributed by atoms with Gasteiger partial charge in [-0.25, -0.2) is 4.79 Å². The van der Waals surface area contributed by atoms with Crippen LogP contribution in [-0.4, -0.2) is 19.8 Å². The predicted molar refractivity (Wildman–Crippen MR) is 96.3 cm³/mol. The third kappa shape index (κ3) is 4.99. The Bertz CT molecular complexity index is 669. The van der Waals surface area contributed by atoms with Gasteiger partial charge >= 0.3 is 6.09 Å². The molecule has 0 spiro atoms. The first-order chi connectivity index (χ1) is 11.6. The average molecular weight is 328 g/mol. The van der Waals surface area contributed by atoms with Crippen LogP contribution >= 0.6 is 0 Å². The third-order valence-electron chi connectivity index (χ3n) is 3.66. The lowest BCUT2D eigenvalue weighted by atomic mass is 10.1. The zero-order valence-electron chi connectivity index (χ0n) is 14.4. The molecule has 0 aromatic heterocycles. The van der Waals surface area contributed by atoms with Crippen LogP contribution in [0.15, 0.2) is 42.5 Å². The number of carbonyl (C=O) groups excluding carboxylic acids is 1. The van der Waals surface area contributed by atoms with E-state index in [0.717, 1.165) is 22.5 Å². The van der Waals surface area contributed by atoms with Gasteiger partial charge in [0, 0.05) is 25.0 Å². The van der Waals surface area contributed by atoms with Gasteiger partial charge in [0.2, 0.25) is 0 Å². The summed E-state index contributed by atoms with van der Waals surface area (Å²) in [5.41, 5.74) is 5.02. The monoisotopic (exact) mass is 328 g/mol. The number of hydrogen-bond donors (Lipinski definition) is 2. The highest BCUT2D eigenvalue weighted by Gasteiger charge is 2.08. The summed E-state index contributed by atoms with van der Waals surface area (Å²) in [5, 5.41) is 6.16. The van der Waals surface area contributed by atoms with E-state index in [1.54, 1.807) is 14.0 Å². The molecule has 0 atom stereocenters. The summed E-state index contributed by atoms with van der Waals surface area (Å²) in [7, 11) is 1.69. The zero-order chi connectivity index (χ0) is 17.4. The van der Waals surface area contributed by atoms with E-state index in [-0.39, 0.29) is 0 Å². The summed E-state index contributed by atoms with van der Waals surface area (Å²) in [5.74, 6) is 0. The Labute approximate surface area is 143 Å². The Morgan fingerprint density at radius 2 is 1.71 bits per heavy atom. The highest BCUT2D eigenvalue weighted by molar-refractivity contribution is 5.87. The number of methoxy groups -OCH3 is 1. The molecule has 2 aromatic carbocycles. The minimum absolute atomic E-state index is 0.349. The van der Waals surface area contributed by atoms with Gasteiger partial charge in [-0.05, 0) is 42.7 Å². The molecule has 0 unspecified atom stereocenters. The van der Waals surface area contributed by atoms with E-state index in [2.05, 4.69) is 34.9 Å². The molecular weight excluding hydrogens is 304 g/mol. The normalized spacial score (nSPS) is 10.3. The molecule has 5 nitrogen and oxygen atoms in total. The lowest BCUT2D eigenvalue weighted by Crippen LogP contribution is -2.14. The van der Waals surface area contributed by atoms with Crippen LogP contribution in [-0.2, 0) is 22.6 Å². The molecule has 0 saturated carbocycles. The largest absolute Gasteiger partial charge is 0.450 e. The van der Waals surface area contributed by atoms with Crippen LogP contribution in [0.5, 0.6) is 0 Å². The molecule has 0 bridgehead atoms. The van der Waals surface area contributed by atoms with Crippen molar-refractivity contribution in [1.29, 1.82) is 0 Å². The molecular formula is C19H24N2O3. The molecule has 128 valence electrons. The molecule has 5 heteroatoms. The molecule has 0 aliphatic carbocycles. The molecule has 2 N–H and O–H groups in total. The number of hydrogen-bond acceptors (Lipinski definition) is 4. The summed E-state index contributed by atoms with van der Waals surface area (Å²) in [4.78, 5) is 11.6. The second-order valence-corrected chi connectivity index (χ2v) is 5.43. The van der Waals surface area contributed by atoms with Crippen molar-refractivity contribution in [2.24, 2.45) is 0 Å². The fourth-order valence-corrected chi connectivity index (χ4v) is 2.36. The minimum Gasteiger partial charge on any atom is -0.450 e. The minimum atomic E-state index is -0.438. The van der Waals surface area contributed by atoms with E-state index in [9.17, 15) is 4.79 Å². The maximum atomic E-state index is 11.6. The molecule has 0 heterocycles. The quantitative estimate of drug-likeness (QED) is 0.794. The van der Waals surface area contributed by atoms with E-state index in [0.29, 0.717) is 19.8 Å². The molecule has 1 amide bonds. The van der Waals surface area contributed by atoms with Crippen molar-refractivity contribution in [2.75, 3.05) is 24.4 Å². The smallest absolute Gasteiger partial charge is 0.411 e. The van der Waals surface area contributed by atoms with E-state index >= 15 is 0 Å². The predicted octanol–water partition coefficient (Wildman–Crippen LogP) is 4.32. The van der Waals surface area contributed by atoms with Crippen LogP contribution in [0.3, 0.4) is 0 Å². The highest BCUT2D eigenvalue weighted by atomic mass is 16.5. The van der Waals surface area contributed by atoms with E-state index in [4.69, 9.17) is 9.47 Å². The first-order valence-electron chi connectivity index (χ1n) is 7.98. The number of rotatable bonds is 7. The van der Waals surface area contributed by atoms with Gasteiger partial charge in [0.1, 0.15) is 0 Å². The summed E-state index contributed by atoms with van der Waals surface area (Å²) in [6.45, 7) is 5.42. The first-order valence-corrected chi connectivity index (χ1v) is 7.98. The molecule has 2 aromatic rings. The molecule has 0 saturated heterocycles. The SMILES string of the molecule is CCOC(=O)Nc1cccc(NCc2ccc(COC)cc2)c1C. The lowest BCUT2D eigenvalue weighted by Gasteiger charge is -2.14. The summed E-state index contributed by atoms with van der Waals surface area (Å²) < 4.78 is 10.0. The first kappa shape index (κ1) is 17.8. The topological polar surface area (TPSA) is 59.6 Å². The van der Waals surface area contributed by atoms with Crippen LogP contribution < -0.4 is 10.6 Å². The van der Waals surface area contributed by atoms with Crippen molar-refractivity contribution in [1.82, 2.24) is 0 Å². The Kier molecular flexibility index (Phi) is 6.63. The lowest BCUT2D eigenvalue weighted by molar-refractivity contribution is 0.168. The van der Waals surface area contributed by atoms with Crippen LogP contribution in [0, 0.1) is 6.92 Å². The van der Waals surface area contributed by atoms with Crippen LogP contribution in [0.25, 0.3) is 0 Å². The van der Waals surface area contributed by atoms with Crippen molar-refractivity contribution < 1.29 is 14.3 Å². The fraction of sp³-hybridized carbons (Fsp3) is 0.316. The van der Waals surface area contributed by atoms with Gasteiger partial charge in [-0.3, -0.25) is 5.32 Å². The Balaban J connectivity index is 2.00. The van der Waals surface area contributed by atoms with Crippen LogP contribution in [0.2, 0.25) is 0 Å². The van der Waals surface area contributed by atoms with Gasteiger partial charge in [-0.1, -0.05) is 30.3 Å². The number of benzene rings is 2.